The Morgan fingerprint density at radius 1 is 1.36 bits per heavy atom. The Morgan fingerprint density at radius 3 is 2.82 bits per heavy atom. The smallest absolute Gasteiger partial charge is 0.226 e. The molecule has 118 valence electrons. The van der Waals surface area contributed by atoms with E-state index in [1.807, 2.05) is 44.4 Å². The van der Waals surface area contributed by atoms with Crippen molar-refractivity contribution in [2.45, 2.75) is 43.9 Å². The van der Waals surface area contributed by atoms with Crippen LogP contribution in [0.1, 0.15) is 44.3 Å². The Bertz CT molecular complexity index is 625. The molecule has 0 radical (unpaired) electrons. The van der Waals surface area contributed by atoms with Crippen LogP contribution in [0, 0.1) is 0 Å². The average molecular weight is 319 g/mol. The molecule has 1 heterocycles. The van der Waals surface area contributed by atoms with Crippen molar-refractivity contribution in [2.24, 2.45) is 0 Å². The number of anilines is 1. The SMILES string of the molecule is CSc1ccccc1NC(=O)CCCc1nc(C(C)C)no1. The molecule has 0 fully saturated rings. The van der Waals surface area contributed by atoms with Gasteiger partial charge in [-0.05, 0) is 24.8 Å². The Labute approximate surface area is 134 Å². The molecule has 0 aliphatic rings. The number of aromatic nitrogens is 2. The third-order valence-corrected chi connectivity index (χ3v) is 3.97. The number of nitrogens with one attached hydrogen (secondary N) is 1. The van der Waals surface area contributed by atoms with Crippen molar-refractivity contribution in [1.29, 1.82) is 0 Å². The first kappa shape index (κ1) is 16.5. The first-order chi connectivity index (χ1) is 10.6. The highest BCUT2D eigenvalue weighted by molar-refractivity contribution is 7.98. The van der Waals surface area contributed by atoms with Gasteiger partial charge in [-0.15, -0.1) is 11.8 Å². The van der Waals surface area contributed by atoms with Gasteiger partial charge in [0.2, 0.25) is 11.8 Å². The molecule has 0 unspecified atom stereocenters. The van der Waals surface area contributed by atoms with E-state index in [0.29, 0.717) is 31.0 Å². The van der Waals surface area contributed by atoms with Crippen LogP contribution in [0.15, 0.2) is 33.7 Å². The molecular weight excluding hydrogens is 298 g/mol. The van der Waals surface area contributed by atoms with Gasteiger partial charge in [0.1, 0.15) is 0 Å². The van der Waals surface area contributed by atoms with Crippen LogP contribution in [-0.4, -0.2) is 22.3 Å². The van der Waals surface area contributed by atoms with Crippen molar-refractivity contribution in [1.82, 2.24) is 10.1 Å². The number of nitrogens with zero attached hydrogens (tertiary/aromatic N) is 2. The van der Waals surface area contributed by atoms with Crippen molar-refractivity contribution in [3.63, 3.8) is 0 Å². The molecule has 6 heteroatoms. The Hall–Kier alpha value is -1.82. The average Bonchev–Trinajstić information content (AvgIpc) is 2.97. The molecule has 1 N–H and O–H groups in total. The third-order valence-electron chi connectivity index (χ3n) is 3.18. The number of thioether (sulfide) groups is 1. The minimum atomic E-state index is 0.00472. The summed E-state index contributed by atoms with van der Waals surface area (Å²) in [6.07, 6.45) is 3.74. The summed E-state index contributed by atoms with van der Waals surface area (Å²) in [6.45, 7) is 4.04. The summed E-state index contributed by atoms with van der Waals surface area (Å²) in [4.78, 5) is 17.4. The van der Waals surface area contributed by atoms with Crippen LogP contribution in [0.5, 0.6) is 0 Å². The molecule has 1 aromatic heterocycles. The zero-order chi connectivity index (χ0) is 15.9. The minimum absolute atomic E-state index is 0.00472. The van der Waals surface area contributed by atoms with Crippen LogP contribution >= 0.6 is 11.8 Å². The van der Waals surface area contributed by atoms with Gasteiger partial charge in [-0.1, -0.05) is 31.1 Å². The Balaban J connectivity index is 1.80. The lowest BCUT2D eigenvalue weighted by atomic mass is 10.2. The maximum atomic E-state index is 12.0. The Morgan fingerprint density at radius 2 is 2.14 bits per heavy atom. The molecule has 0 spiro atoms. The van der Waals surface area contributed by atoms with Gasteiger partial charge < -0.3 is 9.84 Å². The summed E-state index contributed by atoms with van der Waals surface area (Å²) in [5.74, 6) is 1.57. The molecular formula is C16H21N3O2S. The predicted octanol–water partition coefficient (Wildman–Crippen LogP) is 3.88. The van der Waals surface area contributed by atoms with Crippen LogP contribution in [-0.2, 0) is 11.2 Å². The van der Waals surface area contributed by atoms with E-state index in [0.717, 1.165) is 10.6 Å². The van der Waals surface area contributed by atoms with Crippen molar-refractivity contribution in [3.8, 4) is 0 Å². The number of hydrogen-bond acceptors (Lipinski definition) is 5. The second-order valence-electron chi connectivity index (χ2n) is 5.30. The standard InChI is InChI=1S/C16H21N3O2S/c1-11(2)16-18-15(21-19-16)10-6-9-14(20)17-12-7-4-5-8-13(12)22-3/h4-5,7-8,11H,6,9-10H2,1-3H3,(H,17,20). The molecule has 0 aliphatic carbocycles. The zero-order valence-electron chi connectivity index (χ0n) is 13.1. The van der Waals surface area contributed by atoms with Gasteiger partial charge in [-0.3, -0.25) is 4.79 Å². The Kier molecular flexibility index (Phi) is 6.00. The van der Waals surface area contributed by atoms with E-state index in [2.05, 4.69) is 15.5 Å². The molecule has 0 saturated heterocycles. The summed E-state index contributed by atoms with van der Waals surface area (Å²) in [5, 5.41) is 6.86. The molecule has 2 rings (SSSR count). The van der Waals surface area contributed by atoms with E-state index in [4.69, 9.17) is 4.52 Å². The highest BCUT2D eigenvalue weighted by atomic mass is 32.2. The molecule has 0 bridgehead atoms. The van der Waals surface area contributed by atoms with Crippen LogP contribution in [0.25, 0.3) is 0 Å². The van der Waals surface area contributed by atoms with Gasteiger partial charge in [0.05, 0.1) is 5.69 Å². The lowest BCUT2D eigenvalue weighted by molar-refractivity contribution is -0.116. The van der Waals surface area contributed by atoms with Crippen molar-refractivity contribution in [3.05, 3.63) is 36.0 Å². The van der Waals surface area contributed by atoms with Crippen LogP contribution < -0.4 is 5.32 Å². The number of para-hydroxylation sites is 1. The van der Waals surface area contributed by atoms with Crippen LogP contribution in [0.2, 0.25) is 0 Å². The predicted molar refractivity (Wildman–Crippen MR) is 88.2 cm³/mol. The molecule has 1 aromatic carbocycles. The second kappa shape index (κ2) is 7.98. The number of carbonyl (C=O) groups is 1. The van der Waals surface area contributed by atoms with Gasteiger partial charge in [0, 0.05) is 23.7 Å². The van der Waals surface area contributed by atoms with Gasteiger partial charge >= 0.3 is 0 Å². The lowest BCUT2D eigenvalue weighted by Crippen LogP contribution is -2.12. The normalized spacial score (nSPS) is 10.9. The van der Waals surface area contributed by atoms with E-state index in [9.17, 15) is 4.79 Å². The molecule has 0 aliphatic heterocycles. The lowest BCUT2D eigenvalue weighted by Gasteiger charge is -2.08. The van der Waals surface area contributed by atoms with Gasteiger partial charge in [-0.25, -0.2) is 0 Å². The van der Waals surface area contributed by atoms with Crippen molar-refractivity contribution >= 4 is 23.4 Å². The summed E-state index contributed by atoms with van der Waals surface area (Å²) >= 11 is 1.62. The molecule has 0 atom stereocenters. The monoisotopic (exact) mass is 319 g/mol. The molecule has 22 heavy (non-hydrogen) atoms. The van der Waals surface area contributed by atoms with Gasteiger partial charge in [0.15, 0.2) is 5.82 Å². The van der Waals surface area contributed by atoms with Crippen molar-refractivity contribution < 1.29 is 9.32 Å². The molecule has 1 amide bonds. The highest BCUT2D eigenvalue weighted by Gasteiger charge is 2.11. The topological polar surface area (TPSA) is 68.0 Å². The first-order valence-electron chi connectivity index (χ1n) is 7.35. The van der Waals surface area contributed by atoms with E-state index < -0.39 is 0 Å². The largest absolute Gasteiger partial charge is 0.339 e. The fourth-order valence-corrected chi connectivity index (χ4v) is 2.52. The number of rotatable bonds is 7. The molecule has 0 saturated carbocycles. The minimum Gasteiger partial charge on any atom is -0.339 e. The maximum Gasteiger partial charge on any atom is 0.226 e. The number of carbonyl (C=O) groups excluding carboxylic acids is 1. The number of amides is 1. The first-order valence-corrected chi connectivity index (χ1v) is 8.58. The van der Waals surface area contributed by atoms with E-state index in [1.165, 1.54) is 0 Å². The van der Waals surface area contributed by atoms with Gasteiger partial charge in [0.25, 0.3) is 0 Å². The van der Waals surface area contributed by atoms with E-state index in [-0.39, 0.29) is 11.8 Å². The quantitative estimate of drug-likeness (QED) is 0.784. The maximum absolute atomic E-state index is 12.0. The molecule has 5 nitrogen and oxygen atoms in total. The number of aryl methyl sites for hydroxylation is 1. The number of benzene rings is 1. The zero-order valence-corrected chi connectivity index (χ0v) is 13.9. The van der Waals surface area contributed by atoms with Crippen LogP contribution in [0.4, 0.5) is 5.69 Å². The van der Waals surface area contributed by atoms with E-state index >= 15 is 0 Å². The third kappa shape index (κ3) is 4.59. The molecule has 2 aromatic rings. The second-order valence-corrected chi connectivity index (χ2v) is 6.15. The van der Waals surface area contributed by atoms with Gasteiger partial charge in [-0.2, -0.15) is 4.98 Å². The van der Waals surface area contributed by atoms with E-state index in [1.54, 1.807) is 11.8 Å². The summed E-state index contributed by atoms with van der Waals surface area (Å²) < 4.78 is 5.17. The van der Waals surface area contributed by atoms with Crippen molar-refractivity contribution in [2.75, 3.05) is 11.6 Å². The summed E-state index contributed by atoms with van der Waals surface area (Å²) in [7, 11) is 0. The number of hydrogen-bond donors (Lipinski definition) is 1. The fraction of sp³-hybridized carbons (Fsp3) is 0.438. The van der Waals surface area contributed by atoms with Crippen LogP contribution in [0.3, 0.4) is 0 Å². The summed E-state index contributed by atoms with van der Waals surface area (Å²) in [5.41, 5.74) is 0.861. The summed E-state index contributed by atoms with van der Waals surface area (Å²) in [6, 6.07) is 7.79. The highest BCUT2D eigenvalue weighted by Crippen LogP contribution is 2.24. The fourth-order valence-electron chi connectivity index (χ4n) is 1.96.